The van der Waals surface area contributed by atoms with Crippen LogP contribution in [0.5, 0.6) is 0 Å². The van der Waals surface area contributed by atoms with Gasteiger partial charge in [0.15, 0.2) is 0 Å². The van der Waals surface area contributed by atoms with Gasteiger partial charge in [-0.25, -0.2) is 0 Å². The van der Waals surface area contributed by atoms with Crippen LogP contribution in [0.15, 0.2) is 91.0 Å². The van der Waals surface area contributed by atoms with Crippen molar-refractivity contribution in [1.82, 2.24) is 66.2 Å². The van der Waals surface area contributed by atoms with Crippen LogP contribution in [0.3, 0.4) is 0 Å². The molecule has 0 radical (unpaired) electrons. The van der Waals surface area contributed by atoms with Crippen LogP contribution in [-0.4, -0.2) is 251 Å². The zero-order valence-corrected chi connectivity index (χ0v) is 63.3. The molecule has 2 saturated heterocycles. The van der Waals surface area contributed by atoms with E-state index in [1.54, 1.807) is 144 Å². The second-order valence-corrected chi connectivity index (χ2v) is 29.2. The summed E-state index contributed by atoms with van der Waals surface area (Å²) in [4.78, 5) is 201. The first-order chi connectivity index (χ1) is 48.5. The fraction of sp³-hybridized carbons (Fsp3) is 0.592. The first-order valence-corrected chi connectivity index (χ1v) is 35.9. The van der Waals surface area contributed by atoms with Crippen LogP contribution in [0.1, 0.15) is 131 Å². The number of nitrogens with one attached hydrogen (secondary N) is 6. The van der Waals surface area contributed by atoms with Gasteiger partial charge in [0, 0.05) is 74.6 Å². The number of hydrogen-bond donors (Lipinski definition) is 7. The summed E-state index contributed by atoms with van der Waals surface area (Å²) in [7, 11) is 8.06. The highest BCUT2D eigenvalue weighted by molar-refractivity contribution is 6.01. The lowest BCUT2D eigenvalue weighted by molar-refractivity contribution is -0.150. The van der Waals surface area contributed by atoms with E-state index >= 15 is 24.0 Å². The average molecular weight is 1430 g/mol. The normalized spacial score (nSPS) is 23.9. The third-order valence-corrected chi connectivity index (χ3v) is 19.4. The number of carbonyl (C=O) groups is 13. The maximum Gasteiger partial charge on any atom is 0.248 e. The van der Waals surface area contributed by atoms with Crippen molar-refractivity contribution in [2.24, 2.45) is 23.7 Å². The number of aliphatic hydroxyl groups excluding tert-OH is 1. The van der Waals surface area contributed by atoms with Crippen LogP contribution in [-0.2, 0) is 81.6 Å². The Kier molecular flexibility index (Phi) is 32.3. The standard InChI is InChI=1S/C76H113N13O14/c1-45(2)38-57-70(97)82-64(51(11)90)76(103)87(16)58(41-53-32-24-19-25-33-53)68(95)77-44-62(92)84(13)60(39-46(3)4)74(101)88(17)65(48(7)8)71(98)79-55(40-52-30-22-18-23-31-52)67(94)80-56(43-61(91)83(12)50(10)66(93)81-63(47(5)6)75(102)86(57)15)73(100)85(14)59(42-54-34-26-20-27-35-54)69(96)78-49(9)72(99)89-36-28-21-29-37-89/h18-20,22-27,30-35,45-51,55-60,63-65,90H,21,28-29,36-44H2,1-17H3,(H,77,95)(H,78,96)(H,79,98)(H,80,94)(H,81,93)(H,82,97)/t49-,50+,51+,55+,56-,57-,58-,59-,60-,63-,64-,65-/m0/s1. The van der Waals surface area contributed by atoms with Crippen LogP contribution >= 0.6 is 0 Å². The number of carbonyl (C=O) groups excluding carboxylic acids is 13. The number of nitrogens with zero attached hydrogens (tertiary/aromatic N) is 7. The molecule has 103 heavy (non-hydrogen) atoms. The topological polar surface area (TPSA) is 337 Å². The van der Waals surface area contributed by atoms with Gasteiger partial charge in [0.25, 0.3) is 0 Å². The first-order valence-electron chi connectivity index (χ1n) is 35.9. The van der Waals surface area contributed by atoms with Crippen molar-refractivity contribution >= 4 is 76.8 Å². The van der Waals surface area contributed by atoms with E-state index in [9.17, 15) is 43.5 Å². The molecular weight excluding hydrogens is 1320 g/mol. The fourth-order valence-corrected chi connectivity index (χ4v) is 13.0. The Morgan fingerprint density at radius 2 is 1.03 bits per heavy atom. The quantitative estimate of drug-likeness (QED) is 0.0963. The molecule has 5 rings (SSSR count). The van der Waals surface area contributed by atoms with Crippen LogP contribution in [0.4, 0.5) is 0 Å². The highest BCUT2D eigenvalue weighted by Crippen LogP contribution is 2.23. The van der Waals surface area contributed by atoms with E-state index in [0.29, 0.717) is 29.8 Å². The van der Waals surface area contributed by atoms with Crippen molar-refractivity contribution in [3.05, 3.63) is 108 Å². The number of amides is 13. The summed E-state index contributed by atoms with van der Waals surface area (Å²) in [5, 5.41) is 27.8. The maximum atomic E-state index is 15.6. The van der Waals surface area contributed by atoms with Gasteiger partial charge in [-0.05, 0) is 93.2 Å². The highest BCUT2D eigenvalue weighted by Gasteiger charge is 2.44. The monoisotopic (exact) mass is 1430 g/mol. The molecule has 12 atom stereocenters. The number of benzene rings is 3. The number of likely N-dealkylation sites (tertiary alicyclic amines) is 1. The van der Waals surface area contributed by atoms with Crippen molar-refractivity contribution in [3.8, 4) is 0 Å². The summed E-state index contributed by atoms with van der Waals surface area (Å²) in [5.74, 6) is -12.0. The molecule has 0 aromatic heterocycles. The summed E-state index contributed by atoms with van der Waals surface area (Å²) < 4.78 is 0. The Hall–Kier alpha value is -9.27. The van der Waals surface area contributed by atoms with Crippen molar-refractivity contribution in [2.75, 3.05) is 61.9 Å². The minimum atomic E-state index is -1.85. The van der Waals surface area contributed by atoms with Gasteiger partial charge in [-0.1, -0.05) is 146 Å². The van der Waals surface area contributed by atoms with Gasteiger partial charge < -0.3 is 71.3 Å². The van der Waals surface area contributed by atoms with Crippen LogP contribution in [0.25, 0.3) is 0 Å². The molecule has 27 nitrogen and oxygen atoms in total. The van der Waals surface area contributed by atoms with Gasteiger partial charge in [0.05, 0.1) is 19.1 Å². The molecule has 3 aromatic rings. The molecule has 2 aliphatic heterocycles. The Morgan fingerprint density at radius 1 is 0.524 bits per heavy atom. The summed E-state index contributed by atoms with van der Waals surface area (Å²) >= 11 is 0. The molecular formula is C76H113N13O14. The van der Waals surface area contributed by atoms with Crippen LogP contribution in [0, 0.1) is 23.7 Å². The Balaban J connectivity index is 1.68. The lowest BCUT2D eigenvalue weighted by atomic mass is 9.96. The minimum absolute atomic E-state index is 0.0248. The van der Waals surface area contributed by atoms with E-state index in [1.807, 2.05) is 13.8 Å². The van der Waals surface area contributed by atoms with E-state index in [0.717, 1.165) is 38.9 Å². The molecule has 0 unspecified atom stereocenters. The van der Waals surface area contributed by atoms with Gasteiger partial charge in [0.1, 0.15) is 66.5 Å². The molecule has 2 heterocycles. The molecule has 27 heteroatoms. The smallest absolute Gasteiger partial charge is 0.248 e. The molecule has 0 saturated carbocycles. The SMILES string of the molecule is CC(C)C[C@H]1C(=O)N(C)[C@@H](C(C)C)C(=O)N[C@H](Cc2ccccc2)C(=O)N[C@H](C(=O)N(C)[C@@H](Cc2ccccc2)C(=O)N[C@@H](C)C(=O)N2CCCCC2)CC(=O)N(C)[C@H](C)C(=O)N[C@@H](C(C)C)C(=O)N(C)[C@@H](CC(C)C)C(=O)N[C@@H]([C@@H](C)O)C(=O)N(C)[C@@H](Cc2ccccc2)C(=O)NCC(=O)N1C. The van der Waals surface area contributed by atoms with E-state index in [2.05, 4.69) is 31.9 Å². The lowest BCUT2D eigenvalue weighted by Gasteiger charge is -2.37. The van der Waals surface area contributed by atoms with Crippen LogP contribution < -0.4 is 31.9 Å². The van der Waals surface area contributed by atoms with Crippen molar-refractivity contribution in [1.29, 1.82) is 0 Å². The fourth-order valence-electron chi connectivity index (χ4n) is 13.0. The van der Waals surface area contributed by atoms with E-state index in [1.165, 1.54) is 65.9 Å². The van der Waals surface area contributed by atoms with Crippen LogP contribution in [0.2, 0.25) is 0 Å². The molecule has 2 fully saturated rings. The van der Waals surface area contributed by atoms with Gasteiger partial charge in [-0.2, -0.15) is 0 Å². The van der Waals surface area contributed by atoms with Crippen molar-refractivity contribution in [2.45, 2.75) is 207 Å². The van der Waals surface area contributed by atoms with Gasteiger partial charge in [-0.3, -0.25) is 62.3 Å². The average Bonchev–Trinajstić information content (AvgIpc) is 0.838. The number of piperidine rings is 1. The Morgan fingerprint density at radius 3 is 1.55 bits per heavy atom. The third kappa shape index (κ3) is 23.6. The summed E-state index contributed by atoms with van der Waals surface area (Å²) in [5.41, 5.74) is 1.77. The molecule has 7 N–H and O–H groups in total. The first kappa shape index (κ1) is 84.4. The van der Waals surface area contributed by atoms with E-state index < -0.39 is 168 Å². The number of aliphatic hydroxyl groups is 1. The predicted molar refractivity (Wildman–Crippen MR) is 389 cm³/mol. The summed E-state index contributed by atoms with van der Waals surface area (Å²) in [6.07, 6.45) is -0.170. The molecule has 0 spiro atoms. The van der Waals surface area contributed by atoms with Gasteiger partial charge >= 0.3 is 0 Å². The molecule has 0 aliphatic carbocycles. The zero-order valence-electron chi connectivity index (χ0n) is 63.3. The van der Waals surface area contributed by atoms with Gasteiger partial charge in [0.2, 0.25) is 76.8 Å². The zero-order chi connectivity index (χ0) is 76.9. The maximum absolute atomic E-state index is 15.6. The second-order valence-electron chi connectivity index (χ2n) is 29.2. The number of rotatable bonds is 18. The molecule has 2 aliphatic rings. The predicted octanol–water partition coefficient (Wildman–Crippen LogP) is 2.46. The van der Waals surface area contributed by atoms with Gasteiger partial charge in [-0.15, -0.1) is 0 Å². The van der Waals surface area contributed by atoms with E-state index in [4.69, 9.17) is 0 Å². The lowest BCUT2D eigenvalue weighted by Crippen LogP contribution is -2.62. The molecule has 13 amide bonds. The highest BCUT2D eigenvalue weighted by atomic mass is 16.3. The third-order valence-electron chi connectivity index (χ3n) is 19.4. The largest absolute Gasteiger partial charge is 0.391 e. The number of hydrogen-bond acceptors (Lipinski definition) is 14. The number of likely N-dealkylation sites (N-methyl/N-ethyl adjacent to an activating group) is 6. The van der Waals surface area contributed by atoms with E-state index in [-0.39, 0.29) is 49.8 Å². The van der Waals surface area contributed by atoms with Crippen molar-refractivity contribution < 1.29 is 67.4 Å². The Bertz CT molecular complexity index is 3410. The minimum Gasteiger partial charge on any atom is -0.391 e. The van der Waals surface area contributed by atoms with Crippen molar-refractivity contribution in [3.63, 3.8) is 0 Å². The second kappa shape index (κ2) is 39.4. The summed E-state index contributed by atoms with van der Waals surface area (Å²) in [6, 6.07) is 10.6. The molecule has 566 valence electrons. The molecule has 0 bridgehead atoms. The summed E-state index contributed by atoms with van der Waals surface area (Å²) in [6.45, 7) is 18.5. The molecule has 3 aromatic carbocycles. The Labute approximate surface area is 607 Å².